The Hall–Kier alpha value is -0.160. The molecule has 0 aromatic rings. The van der Waals surface area contributed by atoms with Crippen molar-refractivity contribution < 1.29 is 14.6 Å². The van der Waals surface area contributed by atoms with E-state index in [1.165, 1.54) is 19.3 Å². The minimum Gasteiger partial charge on any atom is -0.389 e. The van der Waals surface area contributed by atoms with Gasteiger partial charge >= 0.3 is 0 Å². The van der Waals surface area contributed by atoms with Crippen molar-refractivity contribution in [3.05, 3.63) is 0 Å². The molecule has 0 aromatic carbocycles. The molecule has 2 N–H and O–H groups in total. The van der Waals surface area contributed by atoms with Crippen molar-refractivity contribution in [1.82, 2.24) is 5.32 Å². The summed E-state index contributed by atoms with van der Waals surface area (Å²) in [5.41, 5.74) is 0. The zero-order valence-electron chi connectivity index (χ0n) is 10.3. The lowest BCUT2D eigenvalue weighted by Gasteiger charge is -2.23. The van der Waals surface area contributed by atoms with Crippen LogP contribution in [0.25, 0.3) is 0 Å². The number of hydrogen-bond acceptors (Lipinski definition) is 4. The molecule has 16 heavy (non-hydrogen) atoms. The van der Waals surface area contributed by atoms with Crippen LogP contribution in [0.1, 0.15) is 32.1 Å². The third-order valence-corrected chi connectivity index (χ3v) is 2.94. The van der Waals surface area contributed by atoms with Crippen molar-refractivity contribution in [2.24, 2.45) is 0 Å². The summed E-state index contributed by atoms with van der Waals surface area (Å²) >= 11 is 0. The molecule has 1 fully saturated rings. The van der Waals surface area contributed by atoms with Crippen molar-refractivity contribution in [2.75, 3.05) is 33.4 Å². The summed E-state index contributed by atoms with van der Waals surface area (Å²) < 4.78 is 10.6. The summed E-state index contributed by atoms with van der Waals surface area (Å²) in [6.07, 6.45) is 6.16. The highest BCUT2D eigenvalue weighted by atomic mass is 16.5. The van der Waals surface area contributed by atoms with E-state index in [0.717, 1.165) is 19.4 Å². The summed E-state index contributed by atoms with van der Waals surface area (Å²) in [6.45, 7) is 2.48. The first-order valence-corrected chi connectivity index (χ1v) is 6.32. The summed E-state index contributed by atoms with van der Waals surface area (Å²) in [5, 5.41) is 12.8. The summed E-state index contributed by atoms with van der Waals surface area (Å²) in [5.74, 6) is 0. The fraction of sp³-hybridized carbons (Fsp3) is 1.00. The third-order valence-electron chi connectivity index (χ3n) is 2.94. The van der Waals surface area contributed by atoms with Gasteiger partial charge < -0.3 is 19.9 Å². The van der Waals surface area contributed by atoms with Gasteiger partial charge in [0.1, 0.15) is 0 Å². The van der Waals surface area contributed by atoms with E-state index in [9.17, 15) is 5.11 Å². The maximum atomic E-state index is 9.65. The van der Waals surface area contributed by atoms with Gasteiger partial charge in [0.2, 0.25) is 0 Å². The SMILES string of the molecule is COCCNCC(O)COC1CCCCC1. The van der Waals surface area contributed by atoms with Gasteiger partial charge in [-0.05, 0) is 12.8 Å². The van der Waals surface area contributed by atoms with Crippen LogP contribution < -0.4 is 5.32 Å². The van der Waals surface area contributed by atoms with Crippen molar-refractivity contribution >= 4 is 0 Å². The Balaban J connectivity index is 1.94. The van der Waals surface area contributed by atoms with Gasteiger partial charge in [-0.15, -0.1) is 0 Å². The molecule has 0 saturated heterocycles. The predicted molar refractivity (Wildman–Crippen MR) is 63.6 cm³/mol. The van der Waals surface area contributed by atoms with Gasteiger partial charge in [0.05, 0.1) is 25.4 Å². The van der Waals surface area contributed by atoms with Gasteiger partial charge in [0, 0.05) is 20.2 Å². The van der Waals surface area contributed by atoms with Crippen LogP contribution in [0.3, 0.4) is 0 Å². The van der Waals surface area contributed by atoms with Crippen LogP contribution >= 0.6 is 0 Å². The third kappa shape index (κ3) is 6.43. The van der Waals surface area contributed by atoms with E-state index in [2.05, 4.69) is 5.32 Å². The van der Waals surface area contributed by atoms with E-state index in [-0.39, 0.29) is 0 Å². The first-order valence-electron chi connectivity index (χ1n) is 6.32. The highest BCUT2D eigenvalue weighted by Gasteiger charge is 2.15. The van der Waals surface area contributed by atoms with Crippen molar-refractivity contribution in [1.29, 1.82) is 0 Å². The number of hydrogen-bond donors (Lipinski definition) is 2. The highest BCUT2D eigenvalue weighted by Crippen LogP contribution is 2.20. The Morgan fingerprint density at radius 3 is 2.75 bits per heavy atom. The monoisotopic (exact) mass is 231 g/mol. The number of rotatable bonds is 8. The van der Waals surface area contributed by atoms with E-state index < -0.39 is 6.10 Å². The Morgan fingerprint density at radius 1 is 1.31 bits per heavy atom. The topological polar surface area (TPSA) is 50.7 Å². The van der Waals surface area contributed by atoms with Crippen LogP contribution in [0.4, 0.5) is 0 Å². The van der Waals surface area contributed by atoms with E-state index >= 15 is 0 Å². The molecule has 1 rings (SSSR count). The van der Waals surface area contributed by atoms with Gasteiger partial charge in [-0.25, -0.2) is 0 Å². The van der Waals surface area contributed by atoms with E-state index in [1.54, 1.807) is 7.11 Å². The van der Waals surface area contributed by atoms with Gasteiger partial charge in [-0.2, -0.15) is 0 Å². The van der Waals surface area contributed by atoms with Crippen LogP contribution in [0.15, 0.2) is 0 Å². The Bertz CT molecular complexity index is 160. The lowest BCUT2D eigenvalue weighted by molar-refractivity contribution is -0.0231. The smallest absolute Gasteiger partial charge is 0.0897 e. The fourth-order valence-electron chi connectivity index (χ4n) is 1.98. The van der Waals surface area contributed by atoms with E-state index in [1.807, 2.05) is 0 Å². The first-order chi connectivity index (χ1) is 7.83. The summed E-state index contributed by atoms with van der Waals surface area (Å²) in [6, 6.07) is 0. The average molecular weight is 231 g/mol. The molecule has 1 aliphatic carbocycles. The zero-order chi connectivity index (χ0) is 11.6. The molecule has 96 valence electrons. The Labute approximate surface area is 98.3 Å². The molecular weight excluding hydrogens is 206 g/mol. The van der Waals surface area contributed by atoms with Gasteiger partial charge in [0.15, 0.2) is 0 Å². The maximum Gasteiger partial charge on any atom is 0.0897 e. The van der Waals surface area contributed by atoms with Crippen molar-refractivity contribution in [2.45, 2.75) is 44.3 Å². The number of nitrogens with one attached hydrogen (secondary N) is 1. The van der Waals surface area contributed by atoms with Crippen LogP contribution in [0.5, 0.6) is 0 Å². The second-order valence-electron chi connectivity index (χ2n) is 4.44. The molecule has 4 nitrogen and oxygen atoms in total. The standard InChI is InChI=1S/C12H25NO3/c1-15-8-7-13-9-11(14)10-16-12-5-3-2-4-6-12/h11-14H,2-10H2,1H3. The normalized spacial score (nSPS) is 19.9. The molecule has 4 heteroatoms. The molecule has 0 radical (unpaired) electrons. The molecule has 1 saturated carbocycles. The Morgan fingerprint density at radius 2 is 2.06 bits per heavy atom. The molecule has 0 aromatic heterocycles. The second-order valence-corrected chi connectivity index (χ2v) is 4.44. The summed E-state index contributed by atoms with van der Waals surface area (Å²) in [7, 11) is 1.67. The molecule has 1 atom stereocenters. The number of ether oxygens (including phenoxy) is 2. The number of methoxy groups -OCH3 is 1. The van der Waals surface area contributed by atoms with E-state index in [0.29, 0.717) is 25.9 Å². The predicted octanol–water partition coefficient (Wildman–Crippen LogP) is 0.933. The van der Waals surface area contributed by atoms with Crippen LogP contribution in [0, 0.1) is 0 Å². The van der Waals surface area contributed by atoms with Crippen LogP contribution in [-0.4, -0.2) is 50.7 Å². The Kier molecular flexibility index (Phi) is 7.76. The molecule has 1 unspecified atom stereocenters. The quantitative estimate of drug-likeness (QED) is 0.610. The molecule has 0 amide bonds. The molecular formula is C12H25NO3. The van der Waals surface area contributed by atoms with Gasteiger partial charge in [-0.3, -0.25) is 0 Å². The molecule has 1 aliphatic rings. The van der Waals surface area contributed by atoms with Gasteiger partial charge in [-0.1, -0.05) is 19.3 Å². The van der Waals surface area contributed by atoms with Gasteiger partial charge in [0.25, 0.3) is 0 Å². The van der Waals surface area contributed by atoms with E-state index in [4.69, 9.17) is 9.47 Å². The van der Waals surface area contributed by atoms with Crippen molar-refractivity contribution in [3.8, 4) is 0 Å². The van der Waals surface area contributed by atoms with Crippen LogP contribution in [0.2, 0.25) is 0 Å². The minimum atomic E-state index is -0.404. The summed E-state index contributed by atoms with van der Waals surface area (Å²) in [4.78, 5) is 0. The number of aliphatic hydroxyl groups is 1. The molecule has 0 bridgehead atoms. The zero-order valence-corrected chi connectivity index (χ0v) is 10.3. The fourth-order valence-corrected chi connectivity index (χ4v) is 1.98. The van der Waals surface area contributed by atoms with Crippen molar-refractivity contribution in [3.63, 3.8) is 0 Å². The largest absolute Gasteiger partial charge is 0.389 e. The minimum absolute atomic E-state index is 0.377. The van der Waals surface area contributed by atoms with Crippen LogP contribution in [-0.2, 0) is 9.47 Å². The lowest BCUT2D eigenvalue weighted by Crippen LogP contribution is -2.33. The number of aliphatic hydroxyl groups excluding tert-OH is 1. The maximum absolute atomic E-state index is 9.65. The second kappa shape index (κ2) is 8.93. The average Bonchev–Trinajstić information content (AvgIpc) is 2.33. The molecule has 0 heterocycles. The highest BCUT2D eigenvalue weighted by molar-refractivity contribution is 4.67. The lowest BCUT2D eigenvalue weighted by atomic mass is 9.98. The first kappa shape index (κ1) is 13.9. The molecule has 0 aliphatic heterocycles. The molecule has 0 spiro atoms.